The fourth-order valence-corrected chi connectivity index (χ4v) is 4.19. The van der Waals surface area contributed by atoms with Gasteiger partial charge < -0.3 is 0 Å². The van der Waals surface area contributed by atoms with Crippen molar-refractivity contribution < 1.29 is 4.79 Å². The third-order valence-electron chi connectivity index (χ3n) is 5.69. The molecule has 0 unspecified atom stereocenters. The van der Waals surface area contributed by atoms with Crippen LogP contribution < -0.4 is 0 Å². The molecule has 0 N–H and O–H groups in total. The molecule has 6 rings (SSSR count). The maximum absolute atomic E-state index is 13.0. The van der Waals surface area contributed by atoms with Crippen molar-refractivity contribution in [2.45, 2.75) is 0 Å². The van der Waals surface area contributed by atoms with Crippen molar-refractivity contribution in [2.75, 3.05) is 0 Å². The molecule has 4 nitrogen and oxygen atoms in total. The molecule has 0 fully saturated rings. The van der Waals surface area contributed by atoms with E-state index in [9.17, 15) is 4.79 Å². The minimum atomic E-state index is 0.0399. The molecule has 1 aliphatic rings. The number of aromatic nitrogens is 3. The second kappa shape index (κ2) is 7.36. The van der Waals surface area contributed by atoms with Gasteiger partial charge in [-0.3, -0.25) is 4.79 Å². The lowest BCUT2D eigenvalue weighted by Crippen LogP contribution is -2.01. The maximum atomic E-state index is 13.0. The van der Waals surface area contributed by atoms with Crippen LogP contribution in [0.15, 0.2) is 103 Å². The Kier molecular flexibility index (Phi) is 4.22. The summed E-state index contributed by atoms with van der Waals surface area (Å²) in [6.07, 6.45) is 0. The van der Waals surface area contributed by atoms with E-state index in [0.717, 1.165) is 33.4 Å². The Morgan fingerprint density at radius 2 is 0.875 bits per heavy atom. The highest BCUT2D eigenvalue weighted by atomic mass is 16.1. The Hall–Kier alpha value is -4.44. The third kappa shape index (κ3) is 2.93. The van der Waals surface area contributed by atoms with Gasteiger partial charge in [0.2, 0.25) is 0 Å². The van der Waals surface area contributed by atoms with Crippen LogP contribution in [0.1, 0.15) is 15.9 Å². The zero-order valence-electron chi connectivity index (χ0n) is 17.1. The van der Waals surface area contributed by atoms with Crippen molar-refractivity contribution in [1.82, 2.24) is 15.0 Å². The lowest BCUT2D eigenvalue weighted by Gasteiger charge is -2.11. The van der Waals surface area contributed by atoms with Crippen LogP contribution in [-0.2, 0) is 0 Å². The predicted molar refractivity (Wildman–Crippen MR) is 125 cm³/mol. The smallest absolute Gasteiger partial charge is 0.194 e. The van der Waals surface area contributed by atoms with E-state index in [0.29, 0.717) is 23.0 Å². The van der Waals surface area contributed by atoms with Crippen LogP contribution in [0.25, 0.3) is 45.3 Å². The number of hydrogen-bond acceptors (Lipinski definition) is 4. The first-order valence-electron chi connectivity index (χ1n) is 10.4. The summed E-state index contributed by atoms with van der Waals surface area (Å²) in [7, 11) is 0. The van der Waals surface area contributed by atoms with E-state index in [1.54, 1.807) is 0 Å². The second-order valence-electron chi connectivity index (χ2n) is 7.64. The summed E-state index contributed by atoms with van der Waals surface area (Å²) < 4.78 is 0. The first kappa shape index (κ1) is 18.3. The second-order valence-corrected chi connectivity index (χ2v) is 7.64. The first-order chi connectivity index (χ1) is 15.8. The zero-order valence-corrected chi connectivity index (χ0v) is 17.1. The van der Waals surface area contributed by atoms with E-state index in [2.05, 4.69) is 0 Å². The number of carbonyl (C=O) groups is 1. The SMILES string of the molecule is O=C1c2ccccc2-c2c1cccc2-c1nc(-c2ccccc2)nc(-c2ccccc2)n1. The van der Waals surface area contributed by atoms with Gasteiger partial charge >= 0.3 is 0 Å². The molecular formula is C28H17N3O. The summed E-state index contributed by atoms with van der Waals surface area (Å²) in [5.74, 6) is 1.80. The fourth-order valence-electron chi connectivity index (χ4n) is 4.19. The number of benzene rings is 4. The van der Waals surface area contributed by atoms with Crippen molar-refractivity contribution >= 4 is 5.78 Å². The van der Waals surface area contributed by atoms with Gasteiger partial charge in [-0.25, -0.2) is 15.0 Å². The number of fused-ring (bicyclic) bond motifs is 3. The lowest BCUT2D eigenvalue weighted by molar-refractivity contribution is 0.104. The molecule has 1 heterocycles. The molecule has 0 atom stereocenters. The summed E-state index contributed by atoms with van der Waals surface area (Å²) in [5.41, 5.74) is 5.87. The van der Waals surface area contributed by atoms with Crippen LogP contribution in [0.5, 0.6) is 0 Å². The van der Waals surface area contributed by atoms with Crippen molar-refractivity contribution in [1.29, 1.82) is 0 Å². The van der Waals surface area contributed by atoms with Gasteiger partial charge in [-0.2, -0.15) is 0 Å². The van der Waals surface area contributed by atoms with Crippen molar-refractivity contribution in [2.24, 2.45) is 0 Å². The molecule has 4 aromatic carbocycles. The van der Waals surface area contributed by atoms with E-state index in [1.165, 1.54) is 0 Å². The van der Waals surface area contributed by atoms with Gasteiger partial charge in [-0.1, -0.05) is 103 Å². The monoisotopic (exact) mass is 411 g/mol. The molecule has 0 saturated carbocycles. The van der Waals surface area contributed by atoms with Gasteiger partial charge in [0.25, 0.3) is 0 Å². The fraction of sp³-hybridized carbons (Fsp3) is 0. The highest BCUT2D eigenvalue weighted by Crippen LogP contribution is 2.42. The molecule has 32 heavy (non-hydrogen) atoms. The van der Waals surface area contributed by atoms with Gasteiger partial charge in [0.1, 0.15) is 0 Å². The lowest BCUT2D eigenvalue weighted by atomic mass is 9.99. The highest BCUT2D eigenvalue weighted by molar-refractivity contribution is 6.23. The quantitative estimate of drug-likeness (QED) is 0.354. The number of rotatable bonds is 3. The minimum Gasteiger partial charge on any atom is -0.289 e. The standard InChI is InChI=1S/C28H17N3O/c32-25-21-15-8-7-14-20(21)24-22(25)16-9-17-23(24)28-30-26(18-10-3-1-4-11-18)29-27(31-28)19-12-5-2-6-13-19/h1-17H. The Balaban J connectivity index is 1.62. The number of ketones is 1. The third-order valence-corrected chi connectivity index (χ3v) is 5.69. The summed E-state index contributed by atoms with van der Waals surface area (Å²) in [6.45, 7) is 0. The molecule has 5 aromatic rings. The van der Waals surface area contributed by atoms with Gasteiger partial charge in [-0.05, 0) is 5.56 Å². The van der Waals surface area contributed by atoms with Crippen LogP contribution in [0.4, 0.5) is 0 Å². The Morgan fingerprint density at radius 3 is 1.50 bits per heavy atom. The van der Waals surface area contributed by atoms with E-state index in [-0.39, 0.29) is 5.78 Å². The molecule has 0 spiro atoms. The average molecular weight is 411 g/mol. The number of nitrogens with zero attached hydrogens (tertiary/aromatic N) is 3. The van der Waals surface area contributed by atoms with Crippen LogP contribution in [0.2, 0.25) is 0 Å². The Labute approximate surface area is 185 Å². The summed E-state index contributed by atoms with van der Waals surface area (Å²) in [6, 6.07) is 33.2. The summed E-state index contributed by atoms with van der Waals surface area (Å²) in [5, 5.41) is 0. The van der Waals surface area contributed by atoms with Crippen molar-refractivity contribution in [3.63, 3.8) is 0 Å². The maximum Gasteiger partial charge on any atom is 0.194 e. The van der Waals surface area contributed by atoms with Crippen LogP contribution in [0.3, 0.4) is 0 Å². The first-order valence-corrected chi connectivity index (χ1v) is 10.4. The molecule has 1 aliphatic carbocycles. The predicted octanol–water partition coefficient (Wildman–Crippen LogP) is 6.08. The normalized spacial score (nSPS) is 11.8. The van der Waals surface area contributed by atoms with Gasteiger partial charge in [0, 0.05) is 33.4 Å². The van der Waals surface area contributed by atoms with E-state index >= 15 is 0 Å². The molecule has 0 amide bonds. The van der Waals surface area contributed by atoms with E-state index < -0.39 is 0 Å². The van der Waals surface area contributed by atoms with E-state index in [1.807, 2.05) is 103 Å². The van der Waals surface area contributed by atoms with Crippen molar-refractivity contribution in [3.05, 3.63) is 114 Å². The summed E-state index contributed by atoms with van der Waals surface area (Å²) in [4.78, 5) is 27.4. The zero-order chi connectivity index (χ0) is 21.5. The highest BCUT2D eigenvalue weighted by Gasteiger charge is 2.29. The van der Waals surface area contributed by atoms with Gasteiger partial charge in [0.05, 0.1) is 0 Å². The number of carbonyl (C=O) groups excluding carboxylic acids is 1. The van der Waals surface area contributed by atoms with Crippen LogP contribution in [-0.4, -0.2) is 20.7 Å². The largest absolute Gasteiger partial charge is 0.289 e. The molecule has 150 valence electrons. The van der Waals surface area contributed by atoms with E-state index in [4.69, 9.17) is 15.0 Å². The summed E-state index contributed by atoms with van der Waals surface area (Å²) >= 11 is 0. The Bertz CT molecular complexity index is 1420. The molecule has 1 aromatic heterocycles. The van der Waals surface area contributed by atoms with Crippen molar-refractivity contribution in [3.8, 4) is 45.3 Å². The molecule has 0 radical (unpaired) electrons. The molecule has 0 saturated heterocycles. The van der Waals surface area contributed by atoms with Crippen LogP contribution >= 0.6 is 0 Å². The molecule has 0 aliphatic heterocycles. The minimum absolute atomic E-state index is 0.0399. The van der Waals surface area contributed by atoms with Crippen LogP contribution in [0, 0.1) is 0 Å². The molecule has 0 bridgehead atoms. The molecule has 4 heteroatoms. The topological polar surface area (TPSA) is 55.7 Å². The number of hydrogen-bond donors (Lipinski definition) is 0. The van der Waals surface area contributed by atoms with Gasteiger partial charge in [0.15, 0.2) is 23.3 Å². The molecular weight excluding hydrogens is 394 g/mol. The van der Waals surface area contributed by atoms with Gasteiger partial charge in [-0.15, -0.1) is 0 Å². The Morgan fingerprint density at radius 1 is 0.406 bits per heavy atom. The average Bonchev–Trinajstić information content (AvgIpc) is 3.17.